The molecule has 2 aromatic carbocycles. The van der Waals surface area contributed by atoms with Crippen molar-refractivity contribution in [3.63, 3.8) is 0 Å². The van der Waals surface area contributed by atoms with Crippen LogP contribution in [0.25, 0.3) is 0 Å². The summed E-state index contributed by atoms with van der Waals surface area (Å²) in [5.74, 6) is 1.01. The average molecular weight is 356 g/mol. The molecule has 0 unspecified atom stereocenters. The lowest BCUT2D eigenvalue weighted by atomic mass is 10.3. The molecule has 0 aliphatic carbocycles. The van der Waals surface area contributed by atoms with Crippen molar-refractivity contribution in [2.24, 2.45) is 10.2 Å². The number of pyridine rings is 1. The normalized spacial score (nSPS) is 11.6. The molecule has 2 N–H and O–H groups in total. The first-order valence-corrected chi connectivity index (χ1v) is 8.68. The van der Waals surface area contributed by atoms with Crippen LogP contribution < -0.4 is 9.72 Å². The van der Waals surface area contributed by atoms with Crippen molar-refractivity contribution in [2.45, 2.75) is 4.90 Å². The fourth-order valence-electron chi connectivity index (χ4n) is 1.96. The minimum atomic E-state index is -4.21. The average Bonchev–Trinajstić information content (AvgIpc) is 2.62. The van der Waals surface area contributed by atoms with Crippen LogP contribution in [0.3, 0.4) is 0 Å². The fourth-order valence-corrected chi connectivity index (χ4v) is 2.44. The summed E-state index contributed by atoms with van der Waals surface area (Å²) in [7, 11) is -4.21. The van der Waals surface area contributed by atoms with Crippen LogP contribution in [-0.4, -0.2) is 13.0 Å². The second kappa shape index (κ2) is 7.20. The predicted octanol–water partition coefficient (Wildman–Crippen LogP) is 3.96. The highest BCUT2D eigenvalue weighted by Gasteiger charge is 2.08. The maximum atomic E-state index is 11.0. The molecule has 126 valence electrons. The van der Waals surface area contributed by atoms with Gasteiger partial charge in [0.15, 0.2) is 12.4 Å². The van der Waals surface area contributed by atoms with Gasteiger partial charge < -0.3 is 4.74 Å². The van der Waals surface area contributed by atoms with Crippen molar-refractivity contribution in [1.82, 2.24) is 0 Å². The number of aromatic amines is 1. The summed E-state index contributed by atoms with van der Waals surface area (Å²) in [5, 5.41) is 8.23. The minimum Gasteiger partial charge on any atom is -0.457 e. The van der Waals surface area contributed by atoms with E-state index in [0.717, 1.165) is 5.69 Å². The Labute approximate surface area is 144 Å². The molecular formula is C17H14N3O4S+. The van der Waals surface area contributed by atoms with Crippen molar-refractivity contribution in [3.05, 3.63) is 73.1 Å². The second-order valence-electron chi connectivity index (χ2n) is 5.00. The molecule has 3 aromatic rings. The molecule has 0 radical (unpaired) electrons. The number of H-pyrrole nitrogens is 1. The molecule has 0 aliphatic heterocycles. The summed E-state index contributed by atoms with van der Waals surface area (Å²) in [6.07, 6.45) is 3.52. The maximum Gasteiger partial charge on any atom is 0.294 e. The third-order valence-corrected chi connectivity index (χ3v) is 4.04. The Kier molecular flexibility index (Phi) is 4.82. The number of nitrogens with one attached hydrogen (secondary N) is 1. The number of nitrogens with zero attached hydrogens (tertiary/aromatic N) is 2. The van der Waals surface area contributed by atoms with Crippen LogP contribution in [0, 0.1) is 0 Å². The van der Waals surface area contributed by atoms with E-state index in [-0.39, 0.29) is 4.90 Å². The summed E-state index contributed by atoms with van der Waals surface area (Å²) in [6.45, 7) is 0. The highest BCUT2D eigenvalue weighted by atomic mass is 32.2. The summed E-state index contributed by atoms with van der Waals surface area (Å²) in [6, 6.07) is 16.0. The second-order valence-corrected chi connectivity index (χ2v) is 6.42. The number of rotatable bonds is 5. The summed E-state index contributed by atoms with van der Waals surface area (Å²) >= 11 is 0. The summed E-state index contributed by atoms with van der Waals surface area (Å²) in [4.78, 5) is 2.72. The number of aromatic nitrogens is 1. The van der Waals surface area contributed by atoms with Crippen molar-refractivity contribution in [2.75, 3.05) is 0 Å². The maximum absolute atomic E-state index is 11.0. The van der Waals surface area contributed by atoms with E-state index >= 15 is 0 Å². The van der Waals surface area contributed by atoms with Crippen LogP contribution in [-0.2, 0) is 10.1 Å². The lowest BCUT2D eigenvalue weighted by Crippen LogP contribution is -1.97. The zero-order chi connectivity index (χ0) is 17.7. The molecule has 8 heteroatoms. The van der Waals surface area contributed by atoms with Gasteiger partial charge in [-0.15, -0.1) is 0 Å². The van der Waals surface area contributed by atoms with Gasteiger partial charge in [0.05, 0.1) is 16.3 Å². The van der Waals surface area contributed by atoms with E-state index in [0.29, 0.717) is 17.2 Å². The summed E-state index contributed by atoms with van der Waals surface area (Å²) in [5.41, 5.74) is 1.40. The van der Waals surface area contributed by atoms with Crippen molar-refractivity contribution in [3.8, 4) is 11.5 Å². The third kappa shape index (κ3) is 4.69. The monoisotopic (exact) mass is 356 g/mol. The molecule has 7 nitrogen and oxygen atoms in total. The van der Waals surface area contributed by atoms with Crippen LogP contribution in [0.4, 0.5) is 11.4 Å². The predicted molar refractivity (Wildman–Crippen MR) is 89.9 cm³/mol. The molecular weight excluding hydrogens is 342 g/mol. The van der Waals surface area contributed by atoms with Crippen molar-refractivity contribution >= 4 is 21.5 Å². The minimum absolute atomic E-state index is 0.186. The Morgan fingerprint density at radius 1 is 0.760 bits per heavy atom. The molecule has 0 spiro atoms. The van der Waals surface area contributed by atoms with Crippen LogP contribution in [0.2, 0.25) is 0 Å². The van der Waals surface area contributed by atoms with Crippen molar-refractivity contribution < 1.29 is 22.7 Å². The molecule has 0 amide bonds. The van der Waals surface area contributed by atoms with Gasteiger partial charge >= 0.3 is 0 Å². The third-order valence-electron chi connectivity index (χ3n) is 3.18. The largest absolute Gasteiger partial charge is 0.457 e. The van der Waals surface area contributed by atoms with Gasteiger partial charge in [0.1, 0.15) is 11.5 Å². The molecule has 0 fully saturated rings. The lowest BCUT2D eigenvalue weighted by Gasteiger charge is -2.06. The number of benzene rings is 2. The van der Waals surface area contributed by atoms with E-state index < -0.39 is 10.1 Å². The highest BCUT2D eigenvalue weighted by molar-refractivity contribution is 7.85. The quantitative estimate of drug-likeness (QED) is 0.552. The lowest BCUT2D eigenvalue weighted by molar-refractivity contribution is -0.377. The first-order chi connectivity index (χ1) is 12.0. The zero-order valence-corrected chi connectivity index (χ0v) is 13.7. The van der Waals surface area contributed by atoms with E-state index in [1.54, 1.807) is 48.8 Å². The smallest absolute Gasteiger partial charge is 0.294 e. The van der Waals surface area contributed by atoms with E-state index in [4.69, 9.17) is 9.29 Å². The molecule has 0 saturated carbocycles. The SMILES string of the molecule is O=S(=O)(O)c1ccc(Oc2ccc(N=Nc3cc[nH+]cc3)cc2)cc1. The molecule has 25 heavy (non-hydrogen) atoms. The van der Waals surface area contributed by atoms with Crippen LogP contribution in [0.15, 0.2) is 88.2 Å². The Balaban J connectivity index is 1.67. The van der Waals surface area contributed by atoms with Gasteiger partial charge in [-0.2, -0.15) is 18.6 Å². The van der Waals surface area contributed by atoms with Gasteiger partial charge in [0.25, 0.3) is 10.1 Å². The Hall–Kier alpha value is -3.10. The van der Waals surface area contributed by atoms with Crippen molar-refractivity contribution in [1.29, 1.82) is 0 Å². The van der Waals surface area contributed by atoms with Crippen LogP contribution >= 0.6 is 0 Å². The summed E-state index contributed by atoms with van der Waals surface area (Å²) < 4.78 is 36.5. The van der Waals surface area contributed by atoms with Gasteiger partial charge in [-0.1, -0.05) is 0 Å². The van der Waals surface area contributed by atoms with Crippen LogP contribution in [0.1, 0.15) is 0 Å². The molecule has 0 saturated heterocycles. The van der Waals surface area contributed by atoms with E-state index in [9.17, 15) is 8.42 Å². The molecule has 0 aliphatic rings. The molecule has 1 heterocycles. The highest BCUT2D eigenvalue weighted by Crippen LogP contribution is 2.25. The Morgan fingerprint density at radius 3 is 1.76 bits per heavy atom. The van der Waals surface area contributed by atoms with E-state index in [1.165, 1.54) is 24.3 Å². The number of ether oxygens (including phenoxy) is 1. The van der Waals surface area contributed by atoms with Gasteiger partial charge in [-0.3, -0.25) is 4.55 Å². The van der Waals surface area contributed by atoms with E-state index in [1.807, 2.05) is 0 Å². The molecule has 0 bridgehead atoms. The van der Waals surface area contributed by atoms with Gasteiger partial charge in [-0.05, 0) is 48.5 Å². The molecule has 1 aromatic heterocycles. The Morgan fingerprint density at radius 2 is 1.24 bits per heavy atom. The first kappa shape index (κ1) is 16.7. The Bertz CT molecular complexity index is 971. The number of azo groups is 1. The van der Waals surface area contributed by atoms with E-state index in [2.05, 4.69) is 15.2 Å². The first-order valence-electron chi connectivity index (χ1n) is 7.24. The van der Waals surface area contributed by atoms with Gasteiger partial charge in [0, 0.05) is 12.1 Å². The zero-order valence-electron chi connectivity index (χ0n) is 12.9. The topological polar surface area (TPSA) is 102 Å². The van der Waals surface area contributed by atoms with Gasteiger partial charge in [0.2, 0.25) is 0 Å². The number of hydrogen-bond acceptors (Lipinski definition) is 5. The molecule has 0 atom stereocenters. The van der Waals surface area contributed by atoms with Crippen LogP contribution in [0.5, 0.6) is 11.5 Å². The molecule has 3 rings (SSSR count). The fraction of sp³-hybridized carbons (Fsp3) is 0. The standard InChI is InChI=1S/C17H13N3O4S/c21-25(22,23)17-7-5-16(6-8-17)24-15-3-1-13(2-4-15)19-20-14-9-11-18-12-10-14/h1-12H,(H,21,22,23)/p+1. The number of hydrogen-bond donors (Lipinski definition) is 1. The van der Waals surface area contributed by atoms with Gasteiger partial charge in [-0.25, -0.2) is 4.98 Å².